The van der Waals surface area contributed by atoms with Gasteiger partial charge in [0.25, 0.3) is 0 Å². The molecule has 1 rings (SSSR count). The highest BCUT2D eigenvalue weighted by molar-refractivity contribution is 7.99. The standard InChI is InChI=1S/C9H17N3O2S/c1-10-8(13)2-3-12-9(14)7-6-15-5-4-11-7/h7,11H,2-6H2,1H3,(H,10,13)(H,12,14). The molecule has 0 aromatic heterocycles. The van der Waals surface area contributed by atoms with Crippen molar-refractivity contribution < 1.29 is 9.59 Å². The van der Waals surface area contributed by atoms with E-state index in [0.717, 1.165) is 18.1 Å². The minimum absolute atomic E-state index is 0.00824. The van der Waals surface area contributed by atoms with E-state index in [9.17, 15) is 9.59 Å². The molecule has 0 radical (unpaired) electrons. The Morgan fingerprint density at radius 3 is 2.93 bits per heavy atom. The van der Waals surface area contributed by atoms with Crippen LogP contribution in [-0.2, 0) is 9.59 Å². The van der Waals surface area contributed by atoms with Crippen LogP contribution in [0.2, 0.25) is 0 Å². The maximum atomic E-state index is 11.5. The summed E-state index contributed by atoms with van der Waals surface area (Å²) in [7, 11) is 1.59. The van der Waals surface area contributed by atoms with Crippen molar-refractivity contribution in [2.75, 3.05) is 31.6 Å². The molecule has 1 unspecified atom stereocenters. The number of hydrogen-bond acceptors (Lipinski definition) is 4. The monoisotopic (exact) mass is 231 g/mol. The molecule has 2 amide bonds. The van der Waals surface area contributed by atoms with Crippen LogP contribution < -0.4 is 16.0 Å². The lowest BCUT2D eigenvalue weighted by atomic mass is 10.3. The van der Waals surface area contributed by atoms with Gasteiger partial charge in [-0.25, -0.2) is 0 Å². The van der Waals surface area contributed by atoms with Crippen molar-refractivity contribution in [2.24, 2.45) is 0 Å². The quantitative estimate of drug-likeness (QED) is 0.577. The van der Waals surface area contributed by atoms with E-state index in [-0.39, 0.29) is 17.9 Å². The number of carbonyl (C=O) groups excluding carboxylic acids is 2. The first kappa shape index (κ1) is 12.3. The van der Waals surface area contributed by atoms with Crippen LogP contribution in [0.4, 0.5) is 0 Å². The van der Waals surface area contributed by atoms with Gasteiger partial charge < -0.3 is 16.0 Å². The Hall–Kier alpha value is -0.750. The van der Waals surface area contributed by atoms with E-state index in [1.807, 2.05) is 0 Å². The Balaban J connectivity index is 2.14. The third-order valence-corrected chi connectivity index (χ3v) is 3.23. The van der Waals surface area contributed by atoms with Gasteiger partial charge in [-0.3, -0.25) is 9.59 Å². The molecule has 1 aliphatic rings. The van der Waals surface area contributed by atoms with Crippen LogP contribution in [0, 0.1) is 0 Å². The summed E-state index contributed by atoms with van der Waals surface area (Å²) in [5, 5.41) is 8.39. The van der Waals surface area contributed by atoms with E-state index < -0.39 is 0 Å². The van der Waals surface area contributed by atoms with Crippen molar-refractivity contribution in [1.82, 2.24) is 16.0 Å². The summed E-state index contributed by atoms with van der Waals surface area (Å²) in [6, 6.07) is -0.103. The molecule has 1 aliphatic heterocycles. The highest BCUT2D eigenvalue weighted by atomic mass is 32.2. The number of rotatable bonds is 4. The van der Waals surface area contributed by atoms with Gasteiger partial charge in [-0.1, -0.05) is 0 Å². The summed E-state index contributed by atoms with van der Waals surface area (Å²) in [4.78, 5) is 22.4. The lowest BCUT2D eigenvalue weighted by molar-refractivity contribution is -0.123. The van der Waals surface area contributed by atoms with Crippen molar-refractivity contribution >= 4 is 23.6 Å². The zero-order valence-electron chi connectivity index (χ0n) is 8.84. The Labute approximate surface area is 93.7 Å². The maximum absolute atomic E-state index is 11.5. The van der Waals surface area contributed by atoms with Crippen LogP contribution in [0.5, 0.6) is 0 Å². The van der Waals surface area contributed by atoms with E-state index in [1.54, 1.807) is 18.8 Å². The molecule has 0 aromatic rings. The lowest BCUT2D eigenvalue weighted by Gasteiger charge is -2.22. The number of nitrogens with one attached hydrogen (secondary N) is 3. The van der Waals surface area contributed by atoms with Gasteiger partial charge in [-0.05, 0) is 0 Å². The van der Waals surface area contributed by atoms with Crippen molar-refractivity contribution in [3.05, 3.63) is 0 Å². The first-order valence-corrected chi connectivity index (χ1v) is 6.19. The second-order valence-corrected chi connectivity index (χ2v) is 4.45. The molecule has 86 valence electrons. The van der Waals surface area contributed by atoms with Crippen LogP contribution in [-0.4, -0.2) is 49.5 Å². The Kier molecular flexibility index (Phi) is 5.49. The van der Waals surface area contributed by atoms with Gasteiger partial charge in [0.1, 0.15) is 0 Å². The predicted molar refractivity (Wildman–Crippen MR) is 60.8 cm³/mol. The van der Waals surface area contributed by atoms with E-state index >= 15 is 0 Å². The second-order valence-electron chi connectivity index (χ2n) is 3.30. The number of thioether (sulfide) groups is 1. The average Bonchev–Trinajstić information content (AvgIpc) is 2.29. The summed E-state index contributed by atoms with van der Waals surface area (Å²) < 4.78 is 0. The van der Waals surface area contributed by atoms with Crippen LogP contribution in [0.3, 0.4) is 0 Å². The van der Waals surface area contributed by atoms with Gasteiger partial charge in [0.05, 0.1) is 6.04 Å². The van der Waals surface area contributed by atoms with Gasteiger partial charge in [0.15, 0.2) is 0 Å². The van der Waals surface area contributed by atoms with E-state index in [4.69, 9.17) is 0 Å². The maximum Gasteiger partial charge on any atom is 0.238 e. The fourth-order valence-electron chi connectivity index (χ4n) is 1.28. The summed E-state index contributed by atoms with van der Waals surface area (Å²) in [6.07, 6.45) is 0.335. The summed E-state index contributed by atoms with van der Waals surface area (Å²) in [5.74, 6) is 1.81. The van der Waals surface area contributed by atoms with Crippen LogP contribution in [0.15, 0.2) is 0 Å². The van der Waals surface area contributed by atoms with E-state index in [0.29, 0.717) is 13.0 Å². The molecule has 0 bridgehead atoms. The predicted octanol–water partition coefficient (Wildman–Crippen LogP) is -1.06. The molecule has 3 N–H and O–H groups in total. The zero-order valence-corrected chi connectivity index (χ0v) is 9.65. The van der Waals surface area contributed by atoms with Crippen molar-refractivity contribution in [3.63, 3.8) is 0 Å². The Morgan fingerprint density at radius 2 is 2.33 bits per heavy atom. The number of amides is 2. The number of hydrogen-bond donors (Lipinski definition) is 3. The molecule has 1 atom stereocenters. The SMILES string of the molecule is CNC(=O)CCNC(=O)C1CSCCN1. The molecule has 15 heavy (non-hydrogen) atoms. The van der Waals surface area contributed by atoms with E-state index in [2.05, 4.69) is 16.0 Å². The Bertz CT molecular complexity index is 229. The first-order valence-electron chi connectivity index (χ1n) is 5.03. The molecular formula is C9H17N3O2S. The van der Waals surface area contributed by atoms with Crippen molar-refractivity contribution in [3.8, 4) is 0 Å². The van der Waals surface area contributed by atoms with Crippen LogP contribution in [0.25, 0.3) is 0 Å². The molecule has 1 heterocycles. The van der Waals surface area contributed by atoms with Gasteiger partial charge in [0, 0.05) is 38.1 Å². The second kappa shape index (κ2) is 6.68. The van der Waals surface area contributed by atoms with Crippen molar-refractivity contribution in [2.45, 2.75) is 12.5 Å². The summed E-state index contributed by atoms with van der Waals surface area (Å²) in [6.45, 7) is 1.28. The van der Waals surface area contributed by atoms with Crippen LogP contribution in [0.1, 0.15) is 6.42 Å². The van der Waals surface area contributed by atoms with E-state index in [1.165, 1.54) is 0 Å². The largest absolute Gasteiger partial charge is 0.359 e. The molecule has 1 saturated heterocycles. The molecule has 5 nitrogen and oxygen atoms in total. The highest BCUT2D eigenvalue weighted by Gasteiger charge is 2.20. The third-order valence-electron chi connectivity index (χ3n) is 2.17. The molecular weight excluding hydrogens is 214 g/mol. The Morgan fingerprint density at radius 1 is 1.53 bits per heavy atom. The smallest absolute Gasteiger partial charge is 0.238 e. The van der Waals surface area contributed by atoms with Gasteiger partial charge in [-0.2, -0.15) is 11.8 Å². The molecule has 6 heteroatoms. The normalized spacial score (nSPS) is 20.7. The van der Waals surface area contributed by atoms with Crippen molar-refractivity contribution in [1.29, 1.82) is 0 Å². The van der Waals surface area contributed by atoms with Gasteiger partial charge >= 0.3 is 0 Å². The topological polar surface area (TPSA) is 70.2 Å². The average molecular weight is 231 g/mol. The highest BCUT2D eigenvalue weighted by Crippen LogP contribution is 2.07. The summed E-state index contributed by atoms with van der Waals surface area (Å²) >= 11 is 1.77. The molecule has 1 fully saturated rings. The zero-order chi connectivity index (χ0) is 11.1. The van der Waals surface area contributed by atoms with Gasteiger partial charge in [0.2, 0.25) is 11.8 Å². The minimum atomic E-state index is -0.103. The fourth-order valence-corrected chi connectivity index (χ4v) is 2.22. The fraction of sp³-hybridized carbons (Fsp3) is 0.778. The van der Waals surface area contributed by atoms with Crippen LogP contribution >= 0.6 is 11.8 Å². The van der Waals surface area contributed by atoms with Gasteiger partial charge in [-0.15, -0.1) is 0 Å². The molecule has 0 saturated carbocycles. The third kappa shape index (κ3) is 4.53. The molecule has 0 aliphatic carbocycles. The first-order chi connectivity index (χ1) is 7.24. The minimum Gasteiger partial charge on any atom is -0.359 e. The lowest BCUT2D eigenvalue weighted by Crippen LogP contribution is -2.49. The molecule has 0 spiro atoms. The molecule has 0 aromatic carbocycles. The summed E-state index contributed by atoms with van der Waals surface area (Å²) in [5.41, 5.74) is 0. The number of carbonyl (C=O) groups is 2.